The lowest BCUT2D eigenvalue weighted by molar-refractivity contribution is -0.118. The summed E-state index contributed by atoms with van der Waals surface area (Å²) in [6, 6.07) is 12.2. The Morgan fingerprint density at radius 2 is 1.89 bits per heavy atom. The summed E-state index contributed by atoms with van der Waals surface area (Å²) < 4.78 is 23.5. The Balaban J connectivity index is 1.53. The molecule has 1 aliphatic rings. The zero-order valence-electron chi connectivity index (χ0n) is 15.0. The molecule has 0 saturated carbocycles. The first-order valence-electron chi connectivity index (χ1n) is 8.70. The SMILES string of the molecule is CC1COCCN1C(=O)c1ccc(NC(=O)COc2ccc(F)cc2)cc1. The van der Waals surface area contributed by atoms with Crippen LogP contribution in [0.5, 0.6) is 5.75 Å². The van der Waals surface area contributed by atoms with Gasteiger partial charge >= 0.3 is 0 Å². The van der Waals surface area contributed by atoms with Crippen molar-refractivity contribution in [1.82, 2.24) is 4.90 Å². The van der Waals surface area contributed by atoms with Crippen molar-refractivity contribution >= 4 is 17.5 Å². The van der Waals surface area contributed by atoms with Gasteiger partial charge in [-0.1, -0.05) is 0 Å². The fraction of sp³-hybridized carbons (Fsp3) is 0.300. The molecule has 142 valence electrons. The van der Waals surface area contributed by atoms with Gasteiger partial charge in [-0.25, -0.2) is 4.39 Å². The maximum atomic E-state index is 12.8. The molecule has 0 spiro atoms. The van der Waals surface area contributed by atoms with Gasteiger partial charge in [0.2, 0.25) is 0 Å². The van der Waals surface area contributed by atoms with Crippen molar-refractivity contribution in [2.24, 2.45) is 0 Å². The lowest BCUT2D eigenvalue weighted by Gasteiger charge is -2.33. The van der Waals surface area contributed by atoms with Crippen LogP contribution >= 0.6 is 0 Å². The van der Waals surface area contributed by atoms with Crippen LogP contribution in [-0.2, 0) is 9.53 Å². The summed E-state index contributed by atoms with van der Waals surface area (Å²) in [4.78, 5) is 26.3. The summed E-state index contributed by atoms with van der Waals surface area (Å²) in [6.07, 6.45) is 0. The van der Waals surface area contributed by atoms with Crippen LogP contribution < -0.4 is 10.1 Å². The molecule has 1 saturated heterocycles. The highest BCUT2D eigenvalue weighted by molar-refractivity contribution is 5.96. The van der Waals surface area contributed by atoms with Gasteiger partial charge in [0, 0.05) is 17.8 Å². The van der Waals surface area contributed by atoms with Gasteiger partial charge < -0.3 is 19.7 Å². The number of hydrogen-bond donors (Lipinski definition) is 1. The first-order valence-corrected chi connectivity index (χ1v) is 8.70. The van der Waals surface area contributed by atoms with Crippen LogP contribution in [0.4, 0.5) is 10.1 Å². The van der Waals surface area contributed by atoms with Crippen LogP contribution in [0.1, 0.15) is 17.3 Å². The van der Waals surface area contributed by atoms with E-state index >= 15 is 0 Å². The normalized spacial score (nSPS) is 16.7. The maximum Gasteiger partial charge on any atom is 0.262 e. The number of nitrogens with zero attached hydrogens (tertiary/aromatic N) is 1. The molecule has 27 heavy (non-hydrogen) atoms. The van der Waals surface area contributed by atoms with Gasteiger partial charge in [0.15, 0.2) is 6.61 Å². The Morgan fingerprint density at radius 3 is 2.56 bits per heavy atom. The van der Waals surface area contributed by atoms with E-state index in [9.17, 15) is 14.0 Å². The predicted molar refractivity (Wildman–Crippen MR) is 98.3 cm³/mol. The number of hydrogen-bond acceptors (Lipinski definition) is 4. The fourth-order valence-electron chi connectivity index (χ4n) is 2.77. The number of nitrogens with one attached hydrogen (secondary N) is 1. The average molecular weight is 372 g/mol. The highest BCUT2D eigenvalue weighted by Crippen LogP contribution is 2.16. The largest absolute Gasteiger partial charge is 0.484 e. The van der Waals surface area contributed by atoms with Crippen molar-refractivity contribution in [1.29, 1.82) is 0 Å². The number of ether oxygens (including phenoxy) is 2. The van der Waals surface area contributed by atoms with E-state index in [1.54, 1.807) is 29.2 Å². The van der Waals surface area contributed by atoms with Crippen molar-refractivity contribution in [3.8, 4) is 5.75 Å². The van der Waals surface area contributed by atoms with E-state index in [4.69, 9.17) is 9.47 Å². The van der Waals surface area contributed by atoms with Crippen molar-refractivity contribution in [2.75, 3.05) is 31.7 Å². The highest BCUT2D eigenvalue weighted by Gasteiger charge is 2.24. The number of rotatable bonds is 5. The molecule has 0 radical (unpaired) electrons. The van der Waals surface area contributed by atoms with Crippen LogP contribution in [0.2, 0.25) is 0 Å². The molecule has 0 aromatic heterocycles. The molecule has 1 fully saturated rings. The molecule has 1 N–H and O–H groups in total. The Kier molecular flexibility index (Phi) is 6.03. The van der Waals surface area contributed by atoms with Gasteiger partial charge in [-0.05, 0) is 55.5 Å². The Bertz CT molecular complexity index is 793. The van der Waals surface area contributed by atoms with E-state index < -0.39 is 0 Å². The first kappa shape index (κ1) is 18.8. The second-order valence-corrected chi connectivity index (χ2v) is 6.29. The van der Waals surface area contributed by atoms with Crippen LogP contribution in [0.15, 0.2) is 48.5 Å². The zero-order chi connectivity index (χ0) is 19.2. The Hall–Kier alpha value is -2.93. The standard InChI is InChI=1S/C20H21FN2O4/c1-14-12-26-11-10-23(14)20(25)15-2-6-17(7-3-15)22-19(24)13-27-18-8-4-16(21)5-9-18/h2-9,14H,10-13H2,1H3,(H,22,24). The number of carbonyl (C=O) groups excluding carboxylic acids is 2. The molecule has 1 unspecified atom stereocenters. The highest BCUT2D eigenvalue weighted by atomic mass is 19.1. The molecule has 1 heterocycles. The number of benzene rings is 2. The van der Waals surface area contributed by atoms with E-state index in [0.717, 1.165) is 0 Å². The van der Waals surface area contributed by atoms with Gasteiger partial charge in [-0.3, -0.25) is 9.59 Å². The molecule has 1 aliphatic heterocycles. The number of anilines is 1. The van der Waals surface area contributed by atoms with Gasteiger partial charge in [0.25, 0.3) is 11.8 Å². The van der Waals surface area contributed by atoms with Crippen LogP contribution in [0.25, 0.3) is 0 Å². The minimum absolute atomic E-state index is 0.0363. The quantitative estimate of drug-likeness (QED) is 0.876. The predicted octanol–water partition coefficient (Wildman–Crippen LogP) is 2.70. The minimum atomic E-state index is -0.368. The van der Waals surface area contributed by atoms with Crippen molar-refractivity contribution in [3.63, 3.8) is 0 Å². The molecule has 0 aliphatic carbocycles. The number of halogens is 1. The summed E-state index contributed by atoms with van der Waals surface area (Å²) in [5, 5.41) is 2.70. The summed E-state index contributed by atoms with van der Waals surface area (Å²) in [6.45, 7) is 3.40. The van der Waals surface area contributed by atoms with Crippen LogP contribution in [0, 0.1) is 5.82 Å². The van der Waals surface area contributed by atoms with E-state index in [-0.39, 0.29) is 30.3 Å². The lowest BCUT2D eigenvalue weighted by atomic mass is 10.1. The van der Waals surface area contributed by atoms with E-state index in [0.29, 0.717) is 36.8 Å². The second-order valence-electron chi connectivity index (χ2n) is 6.29. The van der Waals surface area contributed by atoms with Crippen molar-refractivity contribution < 1.29 is 23.5 Å². The summed E-state index contributed by atoms with van der Waals surface area (Å²) in [5.74, 6) is -0.358. The van der Waals surface area contributed by atoms with E-state index in [1.165, 1.54) is 24.3 Å². The molecule has 2 aromatic rings. The fourth-order valence-corrected chi connectivity index (χ4v) is 2.77. The van der Waals surface area contributed by atoms with Gasteiger partial charge in [0.1, 0.15) is 11.6 Å². The van der Waals surface area contributed by atoms with Gasteiger partial charge in [-0.2, -0.15) is 0 Å². The van der Waals surface area contributed by atoms with E-state index in [1.807, 2.05) is 6.92 Å². The molecule has 7 heteroatoms. The third-order valence-electron chi connectivity index (χ3n) is 4.23. The summed E-state index contributed by atoms with van der Waals surface area (Å²) in [7, 11) is 0. The summed E-state index contributed by atoms with van der Waals surface area (Å²) >= 11 is 0. The third kappa shape index (κ3) is 5.04. The van der Waals surface area contributed by atoms with Gasteiger partial charge in [-0.15, -0.1) is 0 Å². The lowest BCUT2D eigenvalue weighted by Crippen LogP contribution is -2.47. The molecule has 3 rings (SSSR count). The third-order valence-corrected chi connectivity index (χ3v) is 4.23. The van der Waals surface area contributed by atoms with Crippen molar-refractivity contribution in [3.05, 3.63) is 59.9 Å². The Morgan fingerprint density at radius 1 is 1.19 bits per heavy atom. The monoisotopic (exact) mass is 372 g/mol. The first-order chi connectivity index (χ1) is 13.0. The molecular weight excluding hydrogens is 351 g/mol. The second kappa shape index (κ2) is 8.64. The van der Waals surface area contributed by atoms with Gasteiger partial charge in [0.05, 0.1) is 19.3 Å². The smallest absolute Gasteiger partial charge is 0.262 e. The minimum Gasteiger partial charge on any atom is -0.484 e. The number of morpholine rings is 1. The maximum absolute atomic E-state index is 12.8. The van der Waals surface area contributed by atoms with Crippen LogP contribution in [-0.4, -0.2) is 49.1 Å². The van der Waals surface area contributed by atoms with Crippen LogP contribution in [0.3, 0.4) is 0 Å². The van der Waals surface area contributed by atoms with Crippen molar-refractivity contribution in [2.45, 2.75) is 13.0 Å². The Labute approximate surface area is 156 Å². The average Bonchev–Trinajstić information content (AvgIpc) is 2.68. The molecule has 0 bridgehead atoms. The number of carbonyl (C=O) groups is 2. The van der Waals surface area contributed by atoms with E-state index in [2.05, 4.69) is 5.32 Å². The molecule has 6 nitrogen and oxygen atoms in total. The molecule has 2 amide bonds. The molecule has 2 aromatic carbocycles. The summed E-state index contributed by atoms with van der Waals surface area (Å²) in [5.41, 5.74) is 1.12. The molecular formula is C20H21FN2O4. The molecule has 1 atom stereocenters. The zero-order valence-corrected chi connectivity index (χ0v) is 15.0. The topological polar surface area (TPSA) is 67.9 Å². The number of amides is 2.